The molecule has 1 saturated carbocycles. The smallest absolute Gasteiger partial charge is 0.303 e. The van der Waals surface area contributed by atoms with Gasteiger partial charge in [-0.05, 0) is 106 Å². The van der Waals surface area contributed by atoms with Gasteiger partial charge >= 0.3 is 5.97 Å². The number of rotatable bonds is 7. The van der Waals surface area contributed by atoms with Crippen LogP contribution < -0.4 is 4.90 Å². The molecule has 196 valence electrons. The van der Waals surface area contributed by atoms with E-state index >= 15 is 0 Å². The number of likely N-dealkylation sites (tertiary alicyclic amines) is 1. The molecule has 1 aliphatic carbocycles. The van der Waals surface area contributed by atoms with Crippen LogP contribution in [-0.2, 0) is 15.0 Å². The minimum absolute atomic E-state index is 0.210. The standard InChI is InChI=1S/C31H39N3O3/c1-22-8-6-9-27(23(22)2)34-28-12-11-25(24-13-18-33(19-14-24)17-7-10-29(36)37)20-26(28)31(30(34)32-21-35)15-4-3-5-16-31/h6,8-9,11-12,20-21,24H,3-5,7,10,13-19H2,1-2H3,(H,36,37). The van der Waals surface area contributed by atoms with Crippen LogP contribution in [0.15, 0.2) is 41.4 Å². The van der Waals surface area contributed by atoms with Crippen molar-refractivity contribution >= 4 is 29.6 Å². The van der Waals surface area contributed by atoms with Crippen molar-refractivity contribution in [1.82, 2.24) is 4.90 Å². The Morgan fingerprint density at radius 3 is 2.54 bits per heavy atom. The van der Waals surface area contributed by atoms with Gasteiger partial charge in [-0.2, -0.15) is 0 Å². The van der Waals surface area contributed by atoms with E-state index in [1.165, 1.54) is 34.4 Å². The normalized spacial score (nSPS) is 20.9. The quantitative estimate of drug-likeness (QED) is 0.454. The second-order valence-corrected chi connectivity index (χ2v) is 11.1. The Bertz CT molecular complexity index is 1190. The zero-order valence-electron chi connectivity index (χ0n) is 22.2. The molecule has 2 fully saturated rings. The number of hydrogen-bond acceptors (Lipinski definition) is 3. The first-order valence-corrected chi connectivity index (χ1v) is 13.9. The van der Waals surface area contributed by atoms with Gasteiger partial charge in [0, 0.05) is 6.42 Å². The number of piperidine rings is 1. The summed E-state index contributed by atoms with van der Waals surface area (Å²) in [4.78, 5) is 32.0. The van der Waals surface area contributed by atoms with Crippen LogP contribution in [0.4, 0.5) is 11.4 Å². The summed E-state index contributed by atoms with van der Waals surface area (Å²) in [6, 6.07) is 13.4. The maximum absolute atomic E-state index is 11.9. The first-order chi connectivity index (χ1) is 17.9. The Hall–Kier alpha value is -2.99. The number of carbonyl (C=O) groups excluding carboxylic acids is 1. The lowest BCUT2D eigenvalue weighted by Crippen LogP contribution is -2.40. The fourth-order valence-electron chi connectivity index (χ4n) is 6.88. The lowest BCUT2D eigenvalue weighted by Gasteiger charge is -2.36. The molecule has 3 aliphatic rings. The van der Waals surface area contributed by atoms with Crippen LogP contribution >= 0.6 is 0 Å². The minimum Gasteiger partial charge on any atom is -0.481 e. The first kappa shape index (κ1) is 25.7. The van der Waals surface area contributed by atoms with Crippen molar-refractivity contribution in [2.45, 2.75) is 83.0 Å². The molecule has 2 aromatic rings. The van der Waals surface area contributed by atoms with Crippen molar-refractivity contribution in [3.8, 4) is 0 Å². The molecule has 1 N–H and O–H groups in total. The fraction of sp³-hybridized carbons (Fsp3) is 0.516. The van der Waals surface area contributed by atoms with Gasteiger partial charge in [0.05, 0.1) is 16.8 Å². The number of anilines is 2. The zero-order valence-corrected chi connectivity index (χ0v) is 22.2. The number of amides is 1. The molecule has 1 spiro atoms. The van der Waals surface area contributed by atoms with Crippen molar-refractivity contribution < 1.29 is 14.7 Å². The molecular weight excluding hydrogens is 462 g/mol. The third kappa shape index (κ3) is 4.84. The summed E-state index contributed by atoms with van der Waals surface area (Å²) in [7, 11) is 0. The zero-order chi connectivity index (χ0) is 26.0. The topological polar surface area (TPSA) is 73.2 Å². The average Bonchev–Trinajstić information content (AvgIpc) is 3.15. The highest BCUT2D eigenvalue weighted by Gasteiger charge is 2.50. The van der Waals surface area contributed by atoms with E-state index in [-0.39, 0.29) is 11.8 Å². The van der Waals surface area contributed by atoms with E-state index in [0.29, 0.717) is 12.3 Å². The molecule has 2 aromatic carbocycles. The van der Waals surface area contributed by atoms with E-state index in [2.05, 4.69) is 65.0 Å². The summed E-state index contributed by atoms with van der Waals surface area (Å²) >= 11 is 0. The molecule has 0 bridgehead atoms. The van der Waals surface area contributed by atoms with E-state index in [9.17, 15) is 9.59 Å². The Morgan fingerprint density at radius 2 is 1.84 bits per heavy atom. The van der Waals surface area contributed by atoms with Crippen molar-refractivity contribution in [2.75, 3.05) is 24.5 Å². The van der Waals surface area contributed by atoms with Gasteiger partial charge < -0.3 is 10.0 Å². The highest BCUT2D eigenvalue weighted by atomic mass is 16.4. The van der Waals surface area contributed by atoms with Crippen LogP contribution in [0.1, 0.15) is 86.0 Å². The third-order valence-corrected chi connectivity index (χ3v) is 9.04. The lowest BCUT2D eigenvalue weighted by atomic mass is 9.69. The number of amidine groups is 1. The number of aliphatic carboxylic acids is 1. The van der Waals surface area contributed by atoms with E-state index in [0.717, 1.165) is 76.1 Å². The number of carboxylic acids is 1. The van der Waals surface area contributed by atoms with Gasteiger partial charge in [-0.25, -0.2) is 4.99 Å². The summed E-state index contributed by atoms with van der Waals surface area (Å²) < 4.78 is 0. The molecular formula is C31H39N3O3. The van der Waals surface area contributed by atoms with Gasteiger partial charge in [0.2, 0.25) is 6.41 Å². The van der Waals surface area contributed by atoms with Gasteiger partial charge in [-0.15, -0.1) is 0 Å². The highest BCUT2D eigenvalue weighted by molar-refractivity contribution is 6.18. The minimum atomic E-state index is -0.711. The largest absolute Gasteiger partial charge is 0.481 e. The summed E-state index contributed by atoms with van der Waals surface area (Å²) in [5.41, 5.74) is 7.27. The number of carbonyl (C=O) groups is 2. The maximum Gasteiger partial charge on any atom is 0.303 e. The SMILES string of the molecule is Cc1cccc(N2C(=NC=O)C3(CCCCC3)c3cc(C4CCN(CCCC(=O)O)CC4)ccc32)c1C. The van der Waals surface area contributed by atoms with E-state index < -0.39 is 5.97 Å². The number of nitrogens with zero attached hydrogens (tertiary/aromatic N) is 3. The van der Waals surface area contributed by atoms with Crippen molar-refractivity contribution in [1.29, 1.82) is 0 Å². The van der Waals surface area contributed by atoms with Crippen molar-refractivity contribution in [2.24, 2.45) is 4.99 Å². The van der Waals surface area contributed by atoms with Crippen LogP contribution in [-0.4, -0.2) is 47.9 Å². The monoisotopic (exact) mass is 501 g/mol. The molecule has 0 aromatic heterocycles. The molecule has 0 radical (unpaired) electrons. The molecule has 0 atom stereocenters. The summed E-state index contributed by atoms with van der Waals surface area (Å²) in [5.74, 6) is 0.691. The van der Waals surface area contributed by atoms with Gasteiger partial charge in [0.1, 0.15) is 5.84 Å². The van der Waals surface area contributed by atoms with Crippen molar-refractivity contribution in [3.63, 3.8) is 0 Å². The van der Waals surface area contributed by atoms with Gasteiger partial charge in [0.15, 0.2) is 0 Å². The van der Waals surface area contributed by atoms with Crippen molar-refractivity contribution in [3.05, 3.63) is 58.7 Å². The number of carboxylic acid groups (broad SMARTS) is 1. The second kappa shape index (κ2) is 10.8. The van der Waals surface area contributed by atoms with Gasteiger partial charge in [0.25, 0.3) is 0 Å². The predicted molar refractivity (Wildman–Crippen MR) is 148 cm³/mol. The Labute approximate surface area is 220 Å². The molecule has 5 rings (SSSR count). The van der Waals surface area contributed by atoms with E-state index in [1.807, 2.05) is 0 Å². The molecule has 1 saturated heterocycles. The second-order valence-electron chi connectivity index (χ2n) is 11.1. The number of aryl methyl sites for hydroxylation is 1. The van der Waals surface area contributed by atoms with E-state index in [4.69, 9.17) is 5.11 Å². The number of hydrogen-bond donors (Lipinski definition) is 1. The average molecular weight is 502 g/mol. The summed E-state index contributed by atoms with van der Waals surface area (Å²) in [6.45, 7) is 7.19. The Kier molecular flexibility index (Phi) is 7.47. The fourth-order valence-corrected chi connectivity index (χ4v) is 6.88. The van der Waals surface area contributed by atoms with Crippen LogP contribution in [0.2, 0.25) is 0 Å². The number of benzene rings is 2. The summed E-state index contributed by atoms with van der Waals surface area (Å²) in [5, 5.41) is 8.94. The van der Waals surface area contributed by atoms with Gasteiger partial charge in [-0.3, -0.25) is 14.5 Å². The predicted octanol–water partition coefficient (Wildman–Crippen LogP) is 6.26. The maximum atomic E-state index is 11.9. The third-order valence-electron chi connectivity index (χ3n) is 9.04. The number of aliphatic imine (C=N–C) groups is 1. The Balaban J connectivity index is 1.48. The molecule has 1 amide bonds. The summed E-state index contributed by atoms with van der Waals surface area (Å²) in [6.07, 6.45) is 9.46. The highest BCUT2D eigenvalue weighted by Crippen LogP contribution is 2.54. The molecule has 6 heteroatoms. The Morgan fingerprint density at radius 1 is 1.08 bits per heavy atom. The molecule has 6 nitrogen and oxygen atoms in total. The van der Waals surface area contributed by atoms with Crippen LogP contribution in [0, 0.1) is 13.8 Å². The van der Waals surface area contributed by atoms with Crippen LogP contribution in [0.3, 0.4) is 0 Å². The first-order valence-electron chi connectivity index (χ1n) is 13.9. The van der Waals surface area contributed by atoms with Crippen LogP contribution in [0.5, 0.6) is 0 Å². The number of fused-ring (bicyclic) bond motifs is 2. The van der Waals surface area contributed by atoms with E-state index in [1.54, 1.807) is 0 Å². The molecule has 37 heavy (non-hydrogen) atoms. The lowest BCUT2D eigenvalue weighted by molar-refractivity contribution is -0.137. The molecule has 2 heterocycles. The molecule has 2 aliphatic heterocycles. The van der Waals surface area contributed by atoms with Crippen LogP contribution in [0.25, 0.3) is 0 Å². The van der Waals surface area contributed by atoms with Gasteiger partial charge in [-0.1, -0.05) is 43.5 Å². The molecule has 0 unspecified atom stereocenters.